The van der Waals surface area contributed by atoms with E-state index in [2.05, 4.69) is 17.2 Å². The van der Waals surface area contributed by atoms with E-state index < -0.39 is 0 Å². The van der Waals surface area contributed by atoms with Crippen molar-refractivity contribution in [3.63, 3.8) is 0 Å². The highest BCUT2D eigenvalue weighted by Gasteiger charge is 2.22. The minimum Gasteiger partial charge on any atom is -0.444 e. The van der Waals surface area contributed by atoms with Crippen LogP contribution in [-0.2, 0) is 10.5 Å². The monoisotopic (exact) mass is 409 g/mol. The van der Waals surface area contributed by atoms with Gasteiger partial charge < -0.3 is 14.6 Å². The molecule has 1 aliphatic rings. The van der Waals surface area contributed by atoms with Gasteiger partial charge in [0.2, 0.25) is 11.8 Å². The minimum atomic E-state index is 0. The molecule has 1 aliphatic heterocycles. The number of aromatic nitrogens is 1. The van der Waals surface area contributed by atoms with Gasteiger partial charge in [-0.3, -0.25) is 4.79 Å². The van der Waals surface area contributed by atoms with Crippen molar-refractivity contribution >= 4 is 30.1 Å². The molecule has 3 rings (SSSR count). The summed E-state index contributed by atoms with van der Waals surface area (Å²) in [5, 5.41) is 3.40. The number of carbonyl (C=O) groups excluding carboxylic acids is 1. The first-order chi connectivity index (χ1) is 12.8. The number of hydrogen-bond donors (Lipinski definition) is 1. The van der Waals surface area contributed by atoms with Crippen molar-refractivity contribution in [1.82, 2.24) is 15.2 Å². The van der Waals surface area contributed by atoms with Gasteiger partial charge in [0, 0.05) is 24.4 Å². The number of likely N-dealkylation sites (tertiary alicyclic amines) is 1. The number of nitrogens with zero attached hydrogens (tertiary/aromatic N) is 2. The number of carbonyl (C=O) groups is 1. The SMILES string of the molecule is CCNCC1CCN(C(=O)CSCc2coc(-c3ccccc3)n2)CC1.Cl. The van der Waals surface area contributed by atoms with E-state index in [4.69, 9.17) is 4.42 Å². The Morgan fingerprint density at radius 1 is 1.30 bits per heavy atom. The Morgan fingerprint density at radius 2 is 2.04 bits per heavy atom. The van der Waals surface area contributed by atoms with Gasteiger partial charge in [-0.05, 0) is 44.0 Å². The molecule has 0 radical (unpaired) electrons. The van der Waals surface area contributed by atoms with E-state index in [0.29, 0.717) is 23.3 Å². The highest BCUT2D eigenvalue weighted by atomic mass is 35.5. The largest absolute Gasteiger partial charge is 0.444 e. The van der Waals surface area contributed by atoms with Gasteiger partial charge in [-0.2, -0.15) is 0 Å². The van der Waals surface area contributed by atoms with Crippen LogP contribution in [0.25, 0.3) is 11.5 Å². The van der Waals surface area contributed by atoms with E-state index in [9.17, 15) is 4.79 Å². The quantitative estimate of drug-likeness (QED) is 0.717. The predicted molar refractivity (Wildman–Crippen MR) is 113 cm³/mol. The maximum atomic E-state index is 12.4. The van der Waals surface area contributed by atoms with Crippen LogP contribution in [0.2, 0.25) is 0 Å². The first-order valence-electron chi connectivity index (χ1n) is 9.32. The number of rotatable bonds is 8. The van der Waals surface area contributed by atoms with Crippen LogP contribution in [0.15, 0.2) is 41.0 Å². The summed E-state index contributed by atoms with van der Waals surface area (Å²) in [6.07, 6.45) is 3.90. The molecule has 0 bridgehead atoms. The maximum absolute atomic E-state index is 12.4. The van der Waals surface area contributed by atoms with Crippen LogP contribution in [0, 0.1) is 5.92 Å². The van der Waals surface area contributed by atoms with Crippen LogP contribution in [-0.4, -0.2) is 47.7 Å². The lowest BCUT2D eigenvalue weighted by Crippen LogP contribution is -2.41. The average molecular weight is 410 g/mol. The lowest BCUT2D eigenvalue weighted by molar-refractivity contribution is -0.129. The second kappa shape index (κ2) is 11.4. The predicted octanol–water partition coefficient (Wildman–Crippen LogP) is 3.84. The molecule has 2 aromatic rings. The van der Waals surface area contributed by atoms with Gasteiger partial charge in [0.15, 0.2) is 0 Å². The summed E-state index contributed by atoms with van der Waals surface area (Å²) in [5.41, 5.74) is 1.85. The molecular weight excluding hydrogens is 382 g/mol. The molecule has 5 nitrogen and oxygen atoms in total. The van der Waals surface area contributed by atoms with Crippen LogP contribution in [0.3, 0.4) is 0 Å². The second-order valence-corrected chi connectivity index (χ2v) is 7.62. The first kappa shape index (κ1) is 21.8. The normalized spacial score (nSPS) is 14.8. The van der Waals surface area contributed by atoms with Crippen LogP contribution in [0.4, 0.5) is 0 Å². The van der Waals surface area contributed by atoms with Crippen molar-refractivity contribution in [3.05, 3.63) is 42.3 Å². The van der Waals surface area contributed by atoms with Crippen LogP contribution < -0.4 is 5.32 Å². The molecule has 1 N–H and O–H groups in total. The molecule has 7 heteroatoms. The number of oxazole rings is 1. The zero-order valence-electron chi connectivity index (χ0n) is 15.7. The van der Waals surface area contributed by atoms with Crippen molar-refractivity contribution in [3.8, 4) is 11.5 Å². The number of hydrogen-bond acceptors (Lipinski definition) is 5. The Kier molecular flexibility index (Phi) is 9.18. The molecule has 0 atom stereocenters. The maximum Gasteiger partial charge on any atom is 0.232 e. The number of piperidine rings is 1. The van der Waals surface area contributed by atoms with Crippen LogP contribution in [0.5, 0.6) is 0 Å². The van der Waals surface area contributed by atoms with Gasteiger partial charge in [-0.1, -0.05) is 25.1 Å². The first-order valence-corrected chi connectivity index (χ1v) is 10.5. The van der Waals surface area contributed by atoms with Gasteiger partial charge in [0.1, 0.15) is 6.26 Å². The highest BCUT2D eigenvalue weighted by Crippen LogP contribution is 2.21. The summed E-state index contributed by atoms with van der Waals surface area (Å²) in [6, 6.07) is 9.86. The molecule has 0 spiro atoms. The van der Waals surface area contributed by atoms with Crippen LogP contribution >= 0.6 is 24.2 Å². The fourth-order valence-electron chi connectivity index (χ4n) is 3.16. The second-order valence-electron chi connectivity index (χ2n) is 6.63. The van der Waals surface area contributed by atoms with E-state index in [1.165, 1.54) is 0 Å². The Balaban J connectivity index is 0.00000261. The smallest absolute Gasteiger partial charge is 0.232 e. The summed E-state index contributed by atoms with van der Waals surface area (Å²) in [4.78, 5) is 18.9. The van der Waals surface area contributed by atoms with Gasteiger partial charge in [0.05, 0.1) is 11.4 Å². The Hall–Kier alpha value is -1.50. The number of thioether (sulfide) groups is 1. The van der Waals surface area contributed by atoms with Gasteiger partial charge >= 0.3 is 0 Å². The zero-order valence-corrected chi connectivity index (χ0v) is 17.4. The van der Waals surface area contributed by atoms with Gasteiger partial charge in [-0.15, -0.1) is 24.2 Å². The van der Waals surface area contributed by atoms with Gasteiger partial charge in [-0.25, -0.2) is 4.98 Å². The Bertz CT molecular complexity index is 688. The molecule has 0 unspecified atom stereocenters. The zero-order chi connectivity index (χ0) is 18.2. The third kappa shape index (κ3) is 6.55. The minimum absolute atomic E-state index is 0. The van der Waals surface area contributed by atoms with Crippen molar-refractivity contribution in [2.24, 2.45) is 5.92 Å². The third-order valence-corrected chi connectivity index (χ3v) is 5.65. The number of halogens is 1. The summed E-state index contributed by atoms with van der Waals surface area (Å²) >= 11 is 1.61. The lowest BCUT2D eigenvalue weighted by atomic mass is 9.97. The number of benzene rings is 1. The summed E-state index contributed by atoms with van der Waals surface area (Å²) < 4.78 is 5.54. The van der Waals surface area contributed by atoms with E-state index >= 15 is 0 Å². The molecule has 0 saturated carbocycles. The molecule has 0 aliphatic carbocycles. The molecule has 1 fully saturated rings. The van der Waals surface area contributed by atoms with Crippen LogP contribution in [0.1, 0.15) is 25.5 Å². The topological polar surface area (TPSA) is 58.4 Å². The summed E-state index contributed by atoms with van der Waals surface area (Å²) in [5.74, 6) is 2.78. The summed E-state index contributed by atoms with van der Waals surface area (Å²) in [6.45, 7) is 6.00. The molecule has 27 heavy (non-hydrogen) atoms. The highest BCUT2D eigenvalue weighted by molar-refractivity contribution is 7.99. The third-order valence-electron chi connectivity index (χ3n) is 4.70. The number of amides is 1. The van der Waals surface area contributed by atoms with Crippen molar-refractivity contribution < 1.29 is 9.21 Å². The van der Waals surface area contributed by atoms with E-state index in [0.717, 1.165) is 50.3 Å². The number of nitrogens with one attached hydrogen (secondary N) is 1. The fourth-order valence-corrected chi connectivity index (χ4v) is 3.96. The average Bonchev–Trinajstić information content (AvgIpc) is 3.16. The molecule has 148 valence electrons. The Morgan fingerprint density at radius 3 is 2.74 bits per heavy atom. The molecule has 1 amide bonds. The van der Waals surface area contributed by atoms with E-state index in [1.807, 2.05) is 35.2 Å². The lowest BCUT2D eigenvalue weighted by Gasteiger charge is -2.32. The van der Waals surface area contributed by atoms with E-state index in [1.54, 1.807) is 18.0 Å². The fraction of sp³-hybridized carbons (Fsp3) is 0.500. The Labute approximate surface area is 171 Å². The van der Waals surface area contributed by atoms with Crippen molar-refractivity contribution in [2.45, 2.75) is 25.5 Å². The van der Waals surface area contributed by atoms with Crippen molar-refractivity contribution in [1.29, 1.82) is 0 Å². The molecule has 1 aromatic carbocycles. The standard InChI is InChI=1S/C20H27N3O2S.ClH/c1-2-21-12-16-8-10-23(11-9-16)19(24)15-26-14-18-13-25-20(22-18)17-6-4-3-5-7-17;/h3-7,13,16,21H,2,8-12,14-15H2,1H3;1H. The molecule has 2 heterocycles. The molecular formula is C20H28ClN3O2S. The van der Waals surface area contributed by atoms with Gasteiger partial charge in [0.25, 0.3) is 0 Å². The molecule has 1 aromatic heterocycles. The van der Waals surface area contributed by atoms with Crippen molar-refractivity contribution in [2.75, 3.05) is 31.9 Å². The molecule has 1 saturated heterocycles. The summed E-state index contributed by atoms with van der Waals surface area (Å²) in [7, 11) is 0. The van der Waals surface area contributed by atoms with E-state index in [-0.39, 0.29) is 18.3 Å².